The summed E-state index contributed by atoms with van der Waals surface area (Å²) >= 11 is 0. The highest BCUT2D eigenvalue weighted by Crippen LogP contribution is 2.17. The first-order chi connectivity index (χ1) is 8.20. The van der Waals surface area contributed by atoms with E-state index in [0.717, 1.165) is 0 Å². The van der Waals surface area contributed by atoms with Gasteiger partial charge in [-0.1, -0.05) is 0 Å². The lowest BCUT2D eigenvalue weighted by molar-refractivity contribution is -0.145. The predicted molar refractivity (Wildman–Crippen MR) is 54.5 cm³/mol. The number of aromatic nitrogens is 4. The van der Waals surface area contributed by atoms with E-state index >= 15 is 0 Å². The van der Waals surface area contributed by atoms with Crippen LogP contribution in [0.5, 0.6) is 0 Å². The molecule has 8 nitrogen and oxygen atoms in total. The number of carbonyl (C=O) groups excluding carboxylic acids is 2. The molecule has 0 aliphatic carbocycles. The molecule has 8 heteroatoms. The van der Waals surface area contributed by atoms with Crippen LogP contribution in [0.2, 0.25) is 0 Å². The number of amides is 1. The zero-order valence-corrected chi connectivity index (χ0v) is 9.44. The maximum atomic E-state index is 11.8. The highest BCUT2D eigenvalue weighted by molar-refractivity contribution is 5.79. The lowest BCUT2D eigenvalue weighted by Gasteiger charge is -2.15. The molecule has 2 heterocycles. The molecule has 0 saturated carbocycles. The number of likely N-dealkylation sites (tertiary alicyclic amines) is 1. The molecule has 92 valence electrons. The highest BCUT2D eigenvalue weighted by Gasteiger charge is 2.31. The topological polar surface area (TPSA) is 90.2 Å². The summed E-state index contributed by atoms with van der Waals surface area (Å²) in [4.78, 5) is 24.8. The molecule has 1 aromatic rings. The second-order valence-corrected chi connectivity index (χ2v) is 3.86. The molecule has 0 N–H and O–H groups in total. The monoisotopic (exact) mass is 239 g/mol. The van der Waals surface area contributed by atoms with Crippen molar-refractivity contribution < 1.29 is 14.3 Å². The standard InChI is InChI=1S/C9H13N5O3/c1-17-9(16)7-2-3-13(4-7)8(15)5-14-6-10-11-12-14/h6-7H,2-5H2,1H3. The van der Waals surface area contributed by atoms with Gasteiger partial charge in [-0.3, -0.25) is 9.59 Å². The minimum Gasteiger partial charge on any atom is -0.469 e. The van der Waals surface area contributed by atoms with E-state index in [1.54, 1.807) is 4.90 Å². The van der Waals surface area contributed by atoms with Gasteiger partial charge in [0.25, 0.3) is 0 Å². The zero-order chi connectivity index (χ0) is 12.3. The molecule has 17 heavy (non-hydrogen) atoms. The number of carbonyl (C=O) groups is 2. The van der Waals surface area contributed by atoms with E-state index in [4.69, 9.17) is 0 Å². The Morgan fingerprint density at radius 1 is 1.53 bits per heavy atom. The van der Waals surface area contributed by atoms with Crippen LogP contribution < -0.4 is 0 Å². The molecule has 1 fully saturated rings. The van der Waals surface area contributed by atoms with Gasteiger partial charge in [-0.15, -0.1) is 5.10 Å². The van der Waals surface area contributed by atoms with E-state index in [1.165, 1.54) is 18.1 Å². The summed E-state index contributed by atoms with van der Waals surface area (Å²) in [5.41, 5.74) is 0. The average molecular weight is 239 g/mol. The third kappa shape index (κ3) is 2.58. The van der Waals surface area contributed by atoms with Gasteiger partial charge in [0.1, 0.15) is 12.9 Å². The van der Waals surface area contributed by atoms with Crippen LogP contribution >= 0.6 is 0 Å². The Labute approximate surface area is 97.5 Å². The summed E-state index contributed by atoms with van der Waals surface area (Å²) in [6.45, 7) is 1.08. The van der Waals surface area contributed by atoms with Gasteiger partial charge in [-0.2, -0.15) is 0 Å². The number of tetrazole rings is 1. The molecule has 0 spiro atoms. The van der Waals surface area contributed by atoms with E-state index < -0.39 is 0 Å². The minimum absolute atomic E-state index is 0.0938. The van der Waals surface area contributed by atoms with Gasteiger partial charge < -0.3 is 9.64 Å². The van der Waals surface area contributed by atoms with Crippen LogP contribution in [0.25, 0.3) is 0 Å². The van der Waals surface area contributed by atoms with Crippen LogP contribution in [0.3, 0.4) is 0 Å². The molecule has 1 amide bonds. The fourth-order valence-electron chi connectivity index (χ4n) is 1.84. The number of methoxy groups -OCH3 is 1. The van der Waals surface area contributed by atoms with Crippen molar-refractivity contribution in [1.29, 1.82) is 0 Å². The summed E-state index contributed by atoms with van der Waals surface area (Å²) in [6, 6.07) is 0. The van der Waals surface area contributed by atoms with Crippen LogP contribution in [-0.4, -0.2) is 57.2 Å². The maximum Gasteiger partial charge on any atom is 0.310 e. The average Bonchev–Trinajstić information content (AvgIpc) is 2.98. The van der Waals surface area contributed by atoms with Crippen molar-refractivity contribution in [3.05, 3.63) is 6.33 Å². The van der Waals surface area contributed by atoms with Crippen LogP contribution in [0, 0.1) is 5.92 Å². The van der Waals surface area contributed by atoms with Crippen molar-refractivity contribution in [1.82, 2.24) is 25.1 Å². The number of esters is 1. The Morgan fingerprint density at radius 3 is 3.00 bits per heavy atom. The van der Waals surface area contributed by atoms with Crippen molar-refractivity contribution in [3.63, 3.8) is 0 Å². The van der Waals surface area contributed by atoms with Crippen LogP contribution in [0.4, 0.5) is 0 Å². The molecule has 0 aromatic carbocycles. The molecular formula is C9H13N5O3. The first-order valence-electron chi connectivity index (χ1n) is 5.27. The molecule has 2 rings (SSSR count). The Balaban J connectivity index is 1.88. The van der Waals surface area contributed by atoms with Gasteiger partial charge in [0.15, 0.2) is 0 Å². The minimum atomic E-state index is -0.261. The first-order valence-corrected chi connectivity index (χ1v) is 5.27. The molecule has 1 aliphatic heterocycles. The molecule has 0 radical (unpaired) electrons. The van der Waals surface area contributed by atoms with Gasteiger partial charge in [-0.05, 0) is 16.8 Å². The fourth-order valence-corrected chi connectivity index (χ4v) is 1.84. The van der Waals surface area contributed by atoms with Crippen molar-refractivity contribution >= 4 is 11.9 Å². The summed E-state index contributed by atoms with van der Waals surface area (Å²) in [5.74, 6) is -0.566. The van der Waals surface area contributed by atoms with Crippen molar-refractivity contribution in [2.45, 2.75) is 13.0 Å². The van der Waals surface area contributed by atoms with Crippen molar-refractivity contribution in [3.8, 4) is 0 Å². The maximum absolute atomic E-state index is 11.8. The number of nitrogens with zero attached hydrogens (tertiary/aromatic N) is 5. The van der Waals surface area contributed by atoms with E-state index in [0.29, 0.717) is 19.5 Å². The molecule has 1 aromatic heterocycles. The predicted octanol–water partition coefficient (Wildman–Crippen LogP) is -1.31. The van der Waals surface area contributed by atoms with E-state index in [1.807, 2.05) is 0 Å². The lowest BCUT2D eigenvalue weighted by atomic mass is 10.1. The second kappa shape index (κ2) is 4.89. The molecule has 1 unspecified atom stereocenters. The smallest absolute Gasteiger partial charge is 0.310 e. The van der Waals surface area contributed by atoms with E-state index in [9.17, 15) is 9.59 Å². The molecule has 1 saturated heterocycles. The Hall–Kier alpha value is -1.99. The van der Waals surface area contributed by atoms with Gasteiger partial charge in [-0.25, -0.2) is 4.68 Å². The Bertz CT molecular complexity index is 405. The van der Waals surface area contributed by atoms with E-state index in [2.05, 4.69) is 20.3 Å². The van der Waals surface area contributed by atoms with Gasteiger partial charge in [0.05, 0.1) is 13.0 Å². The van der Waals surface area contributed by atoms with Crippen molar-refractivity contribution in [2.75, 3.05) is 20.2 Å². The Kier molecular flexibility index (Phi) is 3.31. The zero-order valence-electron chi connectivity index (χ0n) is 9.44. The van der Waals surface area contributed by atoms with Crippen molar-refractivity contribution in [2.24, 2.45) is 5.92 Å². The quantitative estimate of drug-likeness (QED) is 0.609. The van der Waals surface area contributed by atoms with Crippen LogP contribution in [0.1, 0.15) is 6.42 Å². The summed E-state index contributed by atoms with van der Waals surface area (Å²) in [5, 5.41) is 10.5. The van der Waals surface area contributed by atoms with Gasteiger partial charge in [0.2, 0.25) is 5.91 Å². The van der Waals surface area contributed by atoms with Gasteiger partial charge in [0, 0.05) is 13.1 Å². The lowest BCUT2D eigenvalue weighted by Crippen LogP contribution is -2.33. The molecule has 0 bridgehead atoms. The number of hydrogen-bond donors (Lipinski definition) is 0. The molecule has 1 aliphatic rings. The normalized spacial score (nSPS) is 19.4. The third-order valence-corrected chi connectivity index (χ3v) is 2.76. The number of rotatable bonds is 3. The molecule has 1 atom stereocenters. The third-order valence-electron chi connectivity index (χ3n) is 2.76. The summed E-state index contributed by atoms with van der Waals surface area (Å²) in [6.07, 6.45) is 2.03. The summed E-state index contributed by atoms with van der Waals surface area (Å²) in [7, 11) is 1.36. The second-order valence-electron chi connectivity index (χ2n) is 3.86. The SMILES string of the molecule is COC(=O)C1CCN(C(=O)Cn2cnnn2)C1. The van der Waals surface area contributed by atoms with E-state index in [-0.39, 0.29) is 24.3 Å². The Morgan fingerprint density at radius 2 is 2.35 bits per heavy atom. The molecular weight excluding hydrogens is 226 g/mol. The first kappa shape index (κ1) is 11.5. The number of hydrogen-bond acceptors (Lipinski definition) is 6. The number of ether oxygens (including phenoxy) is 1. The van der Waals surface area contributed by atoms with Crippen LogP contribution in [0.15, 0.2) is 6.33 Å². The largest absolute Gasteiger partial charge is 0.469 e. The van der Waals surface area contributed by atoms with Crippen LogP contribution in [-0.2, 0) is 20.9 Å². The summed E-state index contributed by atoms with van der Waals surface area (Å²) < 4.78 is 6.01. The highest BCUT2D eigenvalue weighted by atomic mass is 16.5. The fraction of sp³-hybridized carbons (Fsp3) is 0.667. The van der Waals surface area contributed by atoms with Gasteiger partial charge >= 0.3 is 5.97 Å².